The molecule has 0 aromatic carbocycles. The van der Waals surface area contributed by atoms with Gasteiger partial charge in [0.25, 0.3) is 10.1 Å². The molecule has 0 saturated heterocycles. The fraction of sp³-hybridized carbons (Fsp3) is 1.00. The van der Waals surface area contributed by atoms with Crippen LogP contribution in [0, 0.1) is 0 Å². The highest BCUT2D eigenvalue weighted by molar-refractivity contribution is 7.89. The van der Waals surface area contributed by atoms with E-state index in [1.165, 1.54) is 0 Å². The maximum Gasteiger partial charge on any atom is 0.267 e. The molecular weight excluding hydrogens is 397 g/mol. The van der Waals surface area contributed by atoms with Gasteiger partial charge in [0.15, 0.2) is 0 Å². The molecule has 24 heavy (non-hydrogen) atoms. The van der Waals surface area contributed by atoms with Gasteiger partial charge in [0, 0.05) is 18.3 Å². The van der Waals surface area contributed by atoms with E-state index in [1.807, 2.05) is 0 Å². The molecule has 146 valence electrons. The molecule has 0 aliphatic rings. The predicted octanol–water partition coefficient (Wildman–Crippen LogP) is 2.85. The lowest BCUT2D eigenvalue weighted by Gasteiger charge is -2.08. The molecular formula is C14H29Cl2NO5S2. The van der Waals surface area contributed by atoms with E-state index in [1.54, 1.807) is 0 Å². The van der Waals surface area contributed by atoms with Crippen molar-refractivity contribution in [1.29, 1.82) is 0 Å². The average Bonchev–Trinajstić information content (AvgIpc) is 2.51. The number of nitrogens with one attached hydrogen (secondary N) is 1. The van der Waals surface area contributed by atoms with Crippen LogP contribution in [-0.4, -0.2) is 53.3 Å². The normalized spacial score (nSPS) is 12.6. The number of rotatable bonds is 17. The highest BCUT2D eigenvalue weighted by Crippen LogP contribution is 2.05. The van der Waals surface area contributed by atoms with Crippen LogP contribution in [0.3, 0.4) is 0 Å². The number of hydrogen-bond donors (Lipinski definition) is 1. The number of sulfonamides is 1. The molecule has 0 rings (SSSR count). The quantitative estimate of drug-likeness (QED) is 0.219. The van der Waals surface area contributed by atoms with Gasteiger partial charge in [0.1, 0.15) is 0 Å². The molecule has 0 bridgehead atoms. The SMILES string of the molecule is O=S(=O)(CCCCCCCl)NCCOS(=O)(=O)CCCCCCCl. The Bertz CT molecular complexity index is 451. The van der Waals surface area contributed by atoms with E-state index >= 15 is 0 Å². The van der Waals surface area contributed by atoms with E-state index in [-0.39, 0.29) is 24.7 Å². The van der Waals surface area contributed by atoms with Crippen molar-refractivity contribution in [1.82, 2.24) is 4.72 Å². The van der Waals surface area contributed by atoms with Crippen LogP contribution in [0.5, 0.6) is 0 Å². The van der Waals surface area contributed by atoms with Gasteiger partial charge in [0.05, 0.1) is 18.1 Å². The molecule has 0 heterocycles. The molecule has 0 fully saturated rings. The lowest BCUT2D eigenvalue weighted by molar-refractivity contribution is 0.322. The van der Waals surface area contributed by atoms with Crippen LogP contribution in [0.4, 0.5) is 0 Å². The van der Waals surface area contributed by atoms with Gasteiger partial charge in [-0.15, -0.1) is 23.2 Å². The highest BCUT2D eigenvalue weighted by atomic mass is 35.5. The topological polar surface area (TPSA) is 89.5 Å². The van der Waals surface area contributed by atoms with Crippen molar-refractivity contribution in [2.75, 3.05) is 36.4 Å². The van der Waals surface area contributed by atoms with E-state index in [4.69, 9.17) is 27.4 Å². The summed E-state index contributed by atoms with van der Waals surface area (Å²) in [5, 5.41) is 0. The predicted molar refractivity (Wildman–Crippen MR) is 99.9 cm³/mol. The van der Waals surface area contributed by atoms with E-state index in [0.717, 1.165) is 38.5 Å². The van der Waals surface area contributed by atoms with Crippen molar-refractivity contribution in [3.8, 4) is 0 Å². The summed E-state index contributed by atoms with van der Waals surface area (Å²) in [6.45, 7) is -0.231. The molecule has 0 unspecified atom stereocenters. The van der Waals surface area contributed by atoms with E-state index in [0.29, 0.717) is 24.6 Å². The van der Waals surface area contributed by atoms with Crippen molar-refractivity contribution in [3.05, 3.63) is 0 Å². The minimum absolute atomic E-state index is 0.0304. The zero-order chi connectivity index (χ0) is 18.3. The van der Waals surface area contributed by atoms with E-state index in [9.17, 15) is 16.8 Å². The number of unbranched alkanes of at least 4 members (excludes halogenated alkanes) is 6. The molecule has 0 aliphatic carbocycles. The summed E-state index contributed by atoms with van der Waals surface area (Å²) in [5.41, 5.74) is 0. The average molecular weight is 426 g/mol. The molecule has 10 heteroatoms. The van der Waals surface area contributed by atoms with Gasteiger partial charge in [-0.3, -0.25) is 4.18 Å². The van der Waals surface area contributed by atoms with Gasteiger partial charge in [-0.1, -0.05) is 25.7 Å². The van der Waals surface area contributed by atoms with Crippen molar-refractivity contribution < 1.29 is 21.0 Å². The van der Waals surface area contributed by atoms with E-state index in [2.05, 4.69) is 4.72 Å². The Labute approximate surface area is 156 Å². The first kappa shape index (κ1) is 24.4. The van der Waals surface area contributed by atoms with Gasteiger partial charge in [0.2, 0.25) is 10.0 Å². The van der Waals surface area contributed by atoms with Gasteiger partial charge in [-0.05, 0) is 25.7 Å². The Balaban J connectivity index is 3.77. The summed E-state index contributed by atoms with van der Waals surface area (Å²) in [6.07, 6.45) is 6.23. The Hall–Kier alpha value is 0.400. The Kier molecular flexibility index (Phi) is 14.8. The van der Waals surface area contributed by atoms with Crippen LogP contribution < -0.4 is 4.72 Å². The van der Waals surface area contributed by atoms with Crippen LogP contribution in [0.1, 0.15) is 51.4 Å². The fourth-order valence-corrected chi connectivity index (χ4v) is 4.48. The van der Waals surface area contributed by atoms with Gasteiger partial charge >= 0.3 is 0 Å². The van der Waals surface area contributed by atoms with Crippen LogP contribution in [-0.2, 0) is 24.3 Å². The van der Waals surface area contributed by atoms with Crippen molar-refractivity contribution in [3.63, 3.8) is 0 Å². The smallest absolute Gasteiger partial charge is 0.267 e. The summed E-state index contributed by atoms with van der Waals surface area (Å²) in [4.78, 5) is 0. The standard InChI is InChI=1S/C14H29Cl2NO5S2/c15-9-5-1-3-7-13-23(18,19)17-11-12-22-24(20,21)14-8-4-2-6-10-16/h17H,1-14H2. The zero-order valence-electron chi connectivity index (χ0n) is 14.0. The lowest BCUT2D eigenvalue weighted by Crippen LogP contribution is -2.30. The van der Waals surface area contributed by atoms with Crippen molar-refractivity contribution in [2.24, 2.45) is 0 Å². The van der Waals surface area contributed by atoms with Crippen LogP contribution in [0.2, 0.25) is 0 Å². The lowest BCUT2D eigenvalue weighted by atomic mass is 10.2. The molecule has 0 aromatic rings. The monoisotopic (exact) mass is 425 g/mol. The Morgan fingerprint density at radius 3 is 1.75 bits per heavy atom. The summed E-state index contributed by atoms with van der Waals surface area (Å²) < 4.78 is 53.8. The highest BCUT2D eigenvalue weighted by Gasteiger charge is 2.13. The third-order valence-electron chi connectivity index (χ3n) is 3.26. The number of halogens is 2. The molecule has 0 aliphatic heterocycles. The minimum atomic E-state index is -3.59. The maximum atomic E-state index is 11.7. The summed E-state index contributed by atoms with van der Waals surface area (Å²) in [6, 6.07) is 0. The zero-order valence-corrected chi connectivity index (χ0v) is 17.2. The second-order valence-corrected chi connectivity index (χ2v) is 9.95. The summed E-state index contributed by atoms with van der Waals surface area (Å²) in [7, 11) is -6.98. The largest absolute Gasteiger partial charge is 0.269 e. The van der Waals surface area contributed by atoms with Crippen molar-refractivity contribution in [2.45, 2.75) is 51.4 Å². The van der Waals surface area contributed by atoms with Gasteiger partial charge in [-0.2, -0.15) is 8.42 Å². The molecule has 0 amide bonds. The Morgan fingerprint density at radius 2 is 1.21 bits per heavy atom. The molecule has 0 spiro atoms. The molecule has 6 nitrogen and oxygen atoms in total. The molecule has 0 aromatic heterocycles. The second-order valence-electron chi connectivity index (χ2n) is 5.50. The maximum absolute atomic E-state index is 11.7. The molecule has 0 saturated carbocycles. The minimum Gasteiger partial charge on any atom is -0.269 e. The first-order valence-electron chi connectivity index (χ1n) is 8.29. The number of alkyl halides is 2. The van der Waals surface area contributed by atoms with Gasteiger partial charge < -0.3 is 0 Å². The molecule has 0 atom stereocenters. The first-order valence-corrected chi connectivity index (χ1v) is 12.6. The van der Waals surface area contributed by atoms with Crippen LogP contribution in [0.25, 0.3) is 0 Å². The number of hydrogen-bond acceptors (Lipinski definition) is 5. The molecule has 0 radical (unpaired) electrons. The van der Waals surface area contributed by atoms with Gasteiger partial charge in [-0.25, -0.2) is 13.1 Å². The van der Waals surface area contributed by atoms with Crippen LogP contribution >= 0.6 is 23.2 Å². The van der Waals surface area contributed by atoms with Crippen molar-refractivity contribution >= 4 is 43.3 Å². The van der Waals surface area contributed by atoms with E-state index < -0.39 is 20.1 Å². The summed E-state index contributed by atoms with van der Waals surface area (Å²) >= 11 is 11.1. The third kappa shape index (κ3) is 15.9. The fourth-order valence-electron chi connectivity index (χ4n) is 1.96. The first-order chi connectivity index (χ1) is 11.3. The second kappa shape index (κ2) is 14.6. The molecule has 1 N–H and O–H groups in total. The summed E-state index contributed by atoms with van der Waals surface area (Å²) in [5.74, 6) is 1.14. The third-order valence-corrected chi connectivity index (χ3v) is 6.58. The Morgan fingerprint density at radius 1 is 0.708 bits per heavy atom. The van der Waals surface area contributed by atoms with Crippen LogP contribution in [0.15, 0.2) is 0 Å².